The van der Waals surface area contributed by atoms with Crippen molar-refractivity contribution in [1.82, 2.24) is 5.32 Å². The van der Waals surface area contributed by atoms with Crippen molar-refractivity contribution >= 4 is 23.5 Å². The Labute approximate surface area is 112 Å². The molecule has 18 heavy (non-hydrogen) atoms. The minimum Gasteiger partial charge on any atom is -0.312 e. The number of nitrogens with one attached hydrogen (secondary N) is 1. The first kappa shape index (κ1) is 13.1. The van der Waals surface area contributed by atoms with Gasteiger partial charge in [-0.1, -0.05) is 31.5 Å². The van der Waals surface area contributed by atoms with Gasteiger partial charge in [-0.3, -0.25) is 9.79 Å². The highest BCUT2D eigenvalue weighted by atomic mass is 32.2. The van der Waals surface area contributed by atoms with Crippen molar-refractivity contribution in [3.63, 3.8) is 0 Å². The van der Waals surface area contributed by atoms with Gasteiger partial charge in [0.2, 0.25) is 5.91 Å². The van der Waals surface area contributed by atoms with Gasteiger partial charge < -0.3 is 5.32 Å². The molecular weight excluding hydrogens is 244 g/mol. The van der Waals surface area contributed by atoms with Crippen LogP contribution in [0.4, 0.5) is 0 Å². The number of aliphatic imine (C=N–C) groups is 1. The SMILES string of the molecule is Cc1cccc(SCC2=NC(C(C)C)C(=O)N2)c1. The van der Waals surface area contributed by atoms with Gasteiger partial charge in [0, 0.05) is 4.90 Å². The van der Waals surface area contributed by atoms with E-state index in [0.717, 1.165) is 11.6 Å². The molecule has 1 amide bonds. The molecule has 0 saturated carbocycles. The largest absolute Gasteiger partial charge is 0.312 e. The van der Waals surface area contributed by atoms with Crippen molar-refractivity contribution < 1.29 is 4.79 Å². The summed E-state index contributed by atoms with van der Waals surface area (Å²) in [6.07, 6.45) is 0. The average molecular weight is 262 g/mol. The zero-order chi connectivity index (χ0) is 13.1. The Morgan fingerprint density at radius 2 is 2.22 bits per heavy atom. The van der Waals surface area contributed by atoms with E-state index < -0.39 is 0 Å². The number of nitrogens with zero attached hydrogens (tertiary/aromatic N) is 1. The van der Waals surface area contributed by atoms with Crippen LogP contribution < -0.4 is 5.32 Å². The Kier molecular flexibility index (Phi) is 4.07. The number of hydrogen-bond donors (Lipinski definition) is 1. The van der Waals surface area contributed by atoms with Gasteiger partial charge >= 0.3 is 0 Å². The summed E-state index contributed by atoms with van der Waals surface area (Å²) in [7, 11) is 0. The van der Waals surface area contributed by atoms with Crippen LogP contribution in [0.5, 0.6) is 0 Å². The molecule has 0 saturated heterocycles. The molecule has 1 aliphatic rings. The van der Waals surface area contributed by atoms with Gasteiger partial charge in [0.25, 0.3) is 0 Å². The lowest BCUT2D eigenvalue weighted by atomic mass is 10.1. The van der Waals surface area contributed by atoms with Gasteiger partial charge in [-0.05, 0) is 25.0 Å². The topological polar surface area (TPSA) is 41.5 Å². The van der Waals surface area contributed by atoms with Crippen LogP contribution in [0.15, 0.2) is 34.2 Å². The third-order valence-corrected chi connectivity index (χ3v) is 3.83. The van der Waals surface area contributed by atoms with E-state index in [2.05, 4.69) is 35.4 Å². The van der Waals surface area contributed by atoms with Gasteiger partial charge in [0.1, 0.15) is 11.9 Å². The molecule has 0 aliphatic carbocycles. The van der Waals surface area contributed by atoms with Crippen LogP contribution in [0.1, 0.15) is 19.4 Å². The monoisotopic (exact) mass is 262 g/mol. The second kappa shape index (κ2) is 5.57. The maximum atomic E-state index is 11.7. The molecule has 1 aromatic carbocycles. The lowest BCUT2D eigenvalue weighted by Crippen LogP contribution is -2.31. The van der Waals surface area contributed by atoms with E-state index in [-0.39, 0.29) is 17.9 Å². The molecule has 1 unspecified atom stereocenters. The van der Waals surface area contributed by atoms with E-state index in [4.69, 9.17) is 0 Å². The number of amidine groups is 1. The quantitative estimate of drug-likeness (QED) is 0.848. The summed E-state index contributed by atoms with van der Waals surface area (Å²) < 4.78 is 0. The van der Waals surface area contributed by atoms with E-state index in [1.54, 1.807) is 11.8 Å². The molecule has 0 aromatic heterocycles. The molecule has 1 N–H and O–H groups in total. The third kappa shape index (κ3) is 3.13. The van der Waals surface area contributed by atoms with Crippen molar-refractivity contribution in [2.75, 3.05) is 5.75 Å². The number of aryl methyl sites for hydroxylation is 1. The minimum absolute atomic E-state index is 0.0323. The van der Waals surface area contributed by atoms with Crippen LogP contribution in [0.25, 0.3) is 0 Å². The molecule has 1 heterocycles. The summed E-state index contributed by atoms with van der Waals surface area (Å²) in [6, 6.07) is 8.13. The molecule has 1 aromatic rings. The maximum absolute atomic E-state index is 11.7. The molecule has 4 heteroatoms. The maximum Gasteiger partial charge on any atom is 0.250 e. The van der Waals surface area contributed by atoms with Crippen LogP contribution in [0.3, 0.4) is 0 Å². The molecule has 1 aliphatic heterocycles. The van der Waals surface area contributed by atoms with E-state index >= 15 is 0 Å². The molecule has 1 atom stereocenters. The van der Waals surface area contributed by atoms with Crippen LogP contribution in [0.2, 0.25) is 0 Å². The molecular formula is C14H18N2OS. The second-order valence-electron chi connectivity index (χ2n) is 4.86. The Morgan fingerprint density at radius 1 is 1.44 bits per heavy atom. The molecule has 0 radical (unpaired) electrons. The molecule has 2 rings (SSSR count). The predicted octanol–water partition coefficient (Wildman–Crippen LogP) is 2.64. The predicted molar refractivity (Wildman–Crippen MR) is 76.1 cm³/mol. The summed E-state index contributed by atoms with van der Waals surface area (Å²) >= 11 is 1.70. The van der Waals surface area contributed by atoms with Crippen LogP contribution in [-0.4, -0.2) is 23.5 Å². The van der Waals surface area contributed by atoms with E-state index in [9.17, 15) is 4.79 Å². The number of carbonyl (C=O) groups is 1. The average Bonchev–Trinajstić information content (AvgIpc) is 2.68. The second-order valence-corrected chi connectivity index (χ2v) is 5.91. The standard InChI is InChI=1S/C14H18N2OS/c1-9(2)13-14(17)16-12(15-13)8-18-11-6-4-5-10(3)7-11/h4-7,9,13H,8H2,1-3H3,(H,15,16,17). The zero-order valence-electron chi connectivity index (χ0n) is 10.9. The third-order valence-electron chi connectivity index (χ3n) is 2.83. The highest BCUT2D eigenvalue weighted by molar-refractivity contribution is 8.00. The molecule has 3 nitrogen and oxygen atoms in total. The molecule has 96 valence electrons. The van der Waals surface area contributed by atoms with Crippen molar-refractivity contribution in [3.8, 4) is 0 Å². The number of thioether (sulfide) groups is 1. The zero-order valence-corrected chi connectivity index (χ0v) is 11.8. The lowest BCUT2D eigenvalue weighted by Gasteiger charge is -2.06. The summed E-state index contributed by atoms with van der Waals surface area (Å²) in [5.41, 5.74) is 1.25. The molecule has 0 fully saturated rings. The van der Waals surface area contributed by atoms with Gasteiger partial charge in [0.15, 0.2) is 0 Å². The fraction of sp³-hybridized carbons (Fsp3) is 0.429. The van der Waals surface area contributed by atoms with E-state index in [0.29, 0.717) is 0 Å². The minimum atomic E-state index is -0.210. The highest BCUT2D eigenvalue weighted by Crippen LogP contribution is 2.20. The Hall–Kier alpha value is -1.29. The molecule has 0 bridgehead atoms. The number of rotatable bonds is 4. The van der Waals surface area contributed by atoms with Gasteiger partial charge in [0.05, 0.1) is 5.75 Å². The number of carbonyl (C=O) groups excluding carboxylic acids is 1. The first-order chi connectivity index (χ1) is 8.56. The first-order valence-corrected chi connectivity index (χ1v) is 7.12. The van der Waals surface area contributed by atoms with Crippen molar-refractivity contribution in [3.05, 3.63) is 29.8 Å². The van der Waals surface area contributed by atoms with Crippen LogP contribution in [-0.2, 0) is 4.79 Å². The lowest BCUT2D eigenvalue weighted by molar-refractivity contribution is -0.120. The van der Waals surface area contributed by atoms with Gasteiger partial charge in [-0.15, -0.1) is 11.8 Å². The first-order valence-electron chi connectivity index (χ1n) is 6.13. The van der Waals surface area contributed by atoms with Crippen molar-refractivity contribution in [2.24, 2.45) is 10.9 Å². The van der Waals surface area contributed by atoms with Gasteiger partial charge in [-0.25, -0.2) is 0 Å². The fourth-order valence-electron chi connectivity index (χ4n) is 1.86. The van der Waals surface area contributed by atoms with Crippen LogP contribution in [0, 0.1) is 12.8 Å². The fourth-order valence-corrected chi connectivity index (χ4v) is 2.75. The van der Waals surface area contributed by atoms with Crippen LogP contribution >= 0.6 is 11.8 Å². The summed E-state index contributed by atoms with van der Waals surface area (Å²) in [4.78, 5) is 17.3. The summed E-state index contributed by atoms with van der Waals surface area (Å²) in [6.45, 7) is 6.11. The summed E-state index contributed by atoms with van der Waals surface area (Å²) in [5.74, 6) is 1.81. The van der Waals surface area contributed by atoms with Crippen molar-refractivity contribution in [2.45, 2.75) is 31.7 Å². The Balaban J connectivity index is 1.95. The normalized spacial score (nSPS) is 19.0. The summed E-state index contributed by atoms with van der Waals surface area (Å²) in [5, 5.41) is 2.86. The smallest absolute Gasteiger partial charge is 0.250 e. The Bertz CT molecular complexity index is 482. The number of amides is 1. The number of hydrogen-bond acceptors (Lipinski definition) is 3. The van der Waals surface area contributed by atoms with Crippen molar-refractivity contribution in [1.29, 1.82) is 0 Å². The van der Waals surface area contributed by atoms with E-state index in [1.807, 2.05) is 19.9 Å². The van der Waals surface area contributed by atoms with Gasteiger partial charge in [-0.2, -0.15) is 0 Å². The van der Waals surface area contributed by atoms with E-state index in [1.165, 1.54) is 10.5 Å². The highest BCUT2D eigenvalue weighted by Gasteiger charge is 2.28. The number of benzene rings is 1. The molecule has 0 spiro atoms. The Morgan fingerprint density at radius 3 is 2.83 bits per heavy atom.